The molecule has 0 amide bonds. The maximum absolute atomic E-state index is 5.26. The fraction of sp³-hybridized carbons (Fsp3) is 0.333. The van der Waals surface area contributed by atoms with Crippen LogP contribution in [-0.4, -0.2) is 30.7 Å². The van der Waals surface area contributed by atoms with Crippen molar-refractivity contribution in [3.8, 4) is 5.75 Å². The summed E-state index contributed by atoms with van der Waals surface area (Å²) >= 11 is 0. The Hall–Kier alpha value is -2.30. The number of methoxy groups -OCH3 is 1. The maximum atomic E-state index is 5.26. The summed E-state index contributed by atoms with van der Waals surface area (Å²) in [6.07, 6.45) is 0. The van der Waals surface area contributed by atoms with Crippen LogP contribution in [-0.2, 0) is 0 Å². The summed E-state index contributed by atoms with van der Waals surface area (Å²) in [5, 5.41) is 3.22. The summed E-state index contributed by atoms with van der Waals surface area (Å²) in [4.78, 5) is 10.9. The van der Waals surface area contributed by atoms with Crippen molar-refractivity contribution >= 4 is 17.3 Å². The maximum Gasteiger partial charge on any atom is 0.138 e. The van der Waals surface area contributed by atoms with Crippen LogP contribution in [0.2, 0.25) is 0 Å². The van der Waals surface area contributed by atoms with Gasteiger partial charge < -0.3 is 15.0 Å². The summed E-state index contributed by atoms with van der Waals surface area (Å²) in [7, 11) is 3.64. The Morgan fingerprint density at radius 3 is 2.75 bits per heavy atom. The number of ether oxygens (including phenoxy) is 1. The molecule has 0 unspecified atom stereocenters. The molecule has 0 fully saturated rings. The first kappa shape index (κ1) is 14.1. The second-order valence-electron chi connectivity index (χ2n) is 4.45. The summed E-state index contributed by atoms with van der Waals surface area (Å²) in [6, 6.07) is 9.82. The number of aryl methyl sites for hydroxylation is 1. The van der Waals surface area contributed by atoms with Crippen molar-refractivity contribution < 1.29 is 4.74 Å². The van der Waals surface area contributed by atoms with E-state index in [2.05, 4.69) is 15.3 Å². The molecule has 5 heteroatoms. The molecule has 1 aromatic heterocycles. The average Bonchev–Trinajstić information content (AvgIpc) is 2.46. The summed E-state index contributed by atoms with van der Waals surface area (Å²) < 4.78 is 5.26. The Balaban J connectivity index is 2.34. The normalized spacial score (nSPS) is 10.2. The minimum absolute atomic E-state index is 0.744. The Labute approximate surface area is 119 Å². The van der Waals surface area contributed by atoms with E-state index in [4.69, 9.17) is 4.74 Å². The van der Waals surface area contributed by atoms with Gasteiger partial charge >= 0.3 is 0 Å². The van der Waals surface area contributed by atoms with E-state index >= 15 is 0 Å². The zero-order valence-corrected chi connectivity index (χ0v) is 12.3. The molecular weight excluding hydrogens is 252 g/mol. The first-order valence-electron chi connectivity index (χ1n) is 6.61. The second-order valence-corrected chi connectivity index (χ2v) is 4.45. The molecule has 5 nitrogen and oxygen atoms in total. The standard InChI is InChI=1S/C15H20N4O/c1-5-16-14-10-15(18-11(2)17-14)19(3)12-7-6-8-13(9-12)20-4/h6-10H,5H2,1-4H3,(H,16,17,18). The number of anilines is 3. The molecule has 0 spiro atoms. The largest absolute Gasteiger partial charge is 0.497 e. The summed E-state index contributed by atoms with van der Waals surface area (Å²) in [6.45, 7) is 4.77. The van der Waals surface area contributed by atoms with E-state index in [0.717, 1.165) is 35.4 Å². The molecule has 0 bridgehead atoms. The van der Waals surface area contributed by atoms with Crippen molar-refractivity contribution in [1.82, 2.24) is 9.97 Å². The number of hydrogen-bond donors (Lipinski definition) is 1. The lowest BCUT2D eigenvalue weighted by atomic mass is 10.2. The van der Waals surface area contributed by atoms with Gasteiger partial charge in [-0.15, -0.1) is 0 Å². The van der Waals surface area contributed by atoms with Crippen molar-refractivity contribution in [3.05, 3.63) is 36.2 Å². The number of rotatable bonds is 5. The molecule has 0 aliphatic carbocycles. The SMILES string of the molecule is CCNc1cc(N(C)c2cccc(OC)c2)nc(C)n1. The first-order valence-corrected chi connectivity index (χ1v) is 6.61. The van der Waals surface area contributed by atoms with Crippen molar-refractivity contribution in [2.45, 2.75) is 13.8 Å². The van der Waals surface area contributed by atoms with Gasteiger partial charge in [-0.25, -0.2) is 9.97 Å². The van der Waals surface area contributed by atoms with E-state index in [1.165, 1.54) is 0 Å². The van der Waals surface area contributed by atoms with Crippen molar-refractivity contribution in [3.63, 3.8) is 0 Å². The van der Waals surface area contributed by atoms with Gasteiger partial charge in [-0.05, 0) is 26.0 Å². The number of aromatic nitrogens is 2. The second kappa shape index (κ2) is 6.23. The van der Waals surface area contributed by atoms with Crippen molar-refractivity contribution in [2.75, 3.05) is 30.9 Å². The lowest BCUT2D eigenvalue weighted by Gasteiger charge is -2.20. The average molecular weight is 272 g/mol. The molecule has 20 heavy (non-hydrogen) atoms. The molecule has 2 aromatic rings. The van der Waals surface area contributed by atoms with Gasteiger partial charge in [-0.2, -0.15) is 0 Å². The highest BCUT2D eigenvalue weighted by Crippen LogP contribution is 2.26. The van der Waals surface area contributed by atoms with Crippen LogP contribution in [0, 0.1) is 6.92 Å². The Bertz CT molecular complexity index is 586. The molecule has 0 saturated carbocycles. The predicted molar refractivity (Wildman–Crippen MR) is 82.0 cm³/mol. The van der Waals surface area contributed by atoms with Gasteiger partial charge in [0.05, 0.1) is 7.11 Å². The Kier molecular flexibility index (Phi) is 4.40. The van der Waals surface area contributed by atoms with Gasteiger partial charge in [0.15, 0.2) is 0 Å². The monoisotopic (exact) mass is 272 g/mol. The quantitative estimate of drug-likeness (QED) is 0.906. The molecule has 0 atom stereocenters. The molecule has 106 valence electrons. The zero-order valence-electron chi connectivity index (χ0n) is 12.3. The fourth-order valence-electron chi connectivity index (χ4n) is 1.95. The summed E-state index contributed by atoms with van der Waals surface area (Å²) in [5.41, 5.74) is 1.02. The zero-order chi connectivity index (χ0) is 14.5. The van der Waals surface area contributed by atoms with E-state index in [-0.39, 0.29) is 0 Å². The van der Waals surface area contributed by atoms with Gasteiger partial charge in [-0.3, -0.25) is 0 Å². The third kappa shape index (κ3) is 3.17. The lowest BCUT2D eigenvalue weighted by molar-refractivity contribution is 0.415. The molecular formula is C15H20N4O. The number of nitrogens with zero attached hydrogens (tertiary/aromatic N) is 3. The van der Waals surface area contributed by atoms with Gasteiger partial charge in [0.2, 0.25) is 0 Å². The van der Waals surface area contributed by atoms with Crippen LogP contribution in [0.5, 0.6) is 5.75 Å². The molecule has 0 aliphatic heterocycles. The van der Waals surface area contributed by atoms with E-state index < -0.39 is 0 Å². The number of hydrogen-bond acceptors (Lipinski definition) is 5. The topological polar surface area (TPSA) is 50.3 Å². The number of nitrogens with one attached hydrogen (secondary N) is 1. The minimum atomic E-state index is 0.744. The fourth-order valence-corrected chi connectivity index (χ4v) is 1.95. The van der Waals surface area contributed by atoms with Crippen LogP contribution in [0.3, 0.4) is 0 Å². The van der Waals surface area contributed by atoms with Crippen LogP contribution in [0.1, 0.15) is 12.7 Å². The molecule has 0 radical (unpaired) electrons. The highest BCUT2D eigenvalue weighted by molar-refractivity contribution is 5.63. The Morgan fingerprint density at radius 2 is 2.05 bits per heavy atom. The molecule has 1 heterocycles. The minimum Gasteiger partial charge on any atom is -0.497 e. The Morgan fingerprint density at radius 1 is 1.25 bits per heavy atom. The molecule has 0 aliphatic rings. The molecule has 1 N–H and O–H groups in total. The van der Waals surface area contributed by atoms with E-state index in [1.807, 2.05) is 56.1 Å². The molecule has 1 aromatic carbocycles. The van der Waals surface area contributed by atoms with E-state index in [9.17, 15) is 0 Å². The van der Waals surface area contributed by atoms with Gasteiger partial charge in [0, 0.05) is 31.4 Å². The highest BCUT2D eigenvalue weighted by Gasteiger charge is 2.09. The summed E-state index contributed by atoms with van der Waals surface area (Å²) in [5.74, 6) is 3.26. The van der Waals surface area contributed by atoms with Crippen LogP contribution in [0.25, 0.3) is 0 Å². The van der Waals surface area contributed by atoms with Gasteiger partial charge in [-0.1, -0.05) is 6.07 Å². The predicted octanol–water partition coefficient (Wildman–Crippen LogP) is 2.99. The van der Waals surface area contributed by atoms with Crippen molar-refractivity contribution in [1.29, 1.82) is 0 Å². The molecule has 2 rings (SSSR count). The van der Waals surface area contributed by atoms with E-state index in [1.54, 1.807) is 7.11 Å². The van der Waals surface area contributed by atoms with E-state index in [0.29, 0.717) is 0 Å². The van der Waals surface area contributed by atoms with Crippen LogP contribution in [0.15, 0.2) is 30.3 Å². The number of benzene rings is 1. The van der Waals surface area contributed by atoms with Crippen LogP contribution < -0.4 is 15.0 Å². The smallest absolute Gasteiger partial charge is 0.138 e. The van der Waals surface area contributed by atoms with Crippen LogP contribution in [0.4, 0.5) is 17.3 Å². The van der Waals surface area contributed by atoms with Crippen LogP contribution >= 0.6 is 0 Å². The molecule has 0 saturated heterocycles. The lowest BCUT2D eigenvalue weighted by Crippen LogP contribution is -2.13. The van der Waals surface area contributed by atoms with Gasteiger partial charge in [0.1, 0.15) is 23.2 Å². The third-order valence-electron chi connectivity index (χ3n) is 2.97. The third-order valence-corrected chi connectivity index (χ3v) is 2.97. The van der Waals surface area contributed by atoms with Gasteiger partial charge in [0.25, 0.3) is 0 Å². The highest BCUT2D eigenvalue weighted by atomic mass is 16.5. The van der Waals surface area contributed by atoms with Crippen molar-refractivity contribution in [2.24, 2.45) is 0 Å². The first-order chi connectivity index (χ1) is 9.63.